The van der Waals surface area contributed by atoms with E-state index in [9.17, 15) is 4.79 Å². The molecule has 0 spiro atoms. The average Bonchev–Trinajstić information content (AvgIpc) is 3.01. The van der Waals surface area contributed by atoms with Crippen LogP contribution in [0.1, 0.15) is 24.6 Å². The second-order valence-corrected chi connectivity index (χ2v) is 5.71. The number of rotatable bonds is 2. The van der Waals surface area contributed by atoms with Gasteiger partial charge in [-0.15, -0.1) is 0 Å². The Kier molecular flexibility index (Phi) is 4.03. The summed E-state index contributed by atoms with van der Waals surface area (Å²) in [7, 11) is 2.11. The summed E-state index contributed by atoms with van der Waals surface area (Å²) >= 11 is 0. The third kappa shape index (κ3) is 2.71. The van der Waals surface area contributed by atoms with E-state index in [0.717, 1.165) is 31.6 Å². The van der Waals surface area contributed by atoms with Crippen LogP contribution < -0.4 is 0 Å². The van der Waals surface area contributed by atoms with Gasteiger partial charge in [0.2, 0.25) is 5.91 Å². The molecule has 2 saturated heterocycles. The lowest BCUT2D eigenvalue weighted by Gasteiger charge is -2.38. The molecule has 1 aromatic heterocycles. The molecule has 2 aliphatic rings. The molecule has 1 amide bonds. The van der Waals surface area contributed by atoms with Gasteiger partial charge in [0.05, 0.1) is 24.9 Å². The molecule has 0 aliphatic carbocycles. The Hall–Kier alpha value is -1.40. The van der Waals surface area contributed by atoms with Gasteiger partial charge in [-0.1, -0.05) is 0 Å². The largest absolute Gasteiger partial charge is 0.377 e. The standard InChI is InChI=1S/C14H22N4O2/c1-17-6-3-11(4-7-17)14(19)18-8-9-20-10-13(18)12-2-5-15-16-12/h2,5,11,13H,3-4,6-10H2,1H3,(H,15,16)/t13-/m0/s1. The van der Waals surface area contributed by atoms with Crippen LogP contribution >= 0.6 is 0 Å². The van der Waals surface area contributed by atoms with Crippen LogP contribution in [-0.2, 0) is 9.53 Å². The van der Waals surface area contributed by atoms with Crippen LogP contribution in [0.5, 0.6) is 0 Å². The molecular formula is C14H22N4O2. The number of carbonyl (C=O) groups excluding carboxylic acids is 1. The Morgan fingerprint density at radius 2 is 2.20 bits per heavy atom. The molecular weight excluding hydrogens is 256 g/mol. The highest BCUT2D eigenvalue weighted by atomic mass is 16.5. The SMILES string of the molecule is CN1CCC(C(=O)N2CCOC[C@H]2c2ccn[nH]2)CC1. The highest BCUT2D eigenvalue weighted by molar-refractivity contribution is 5.79. The van der Waals surface area contributed by atoms with Crippen LogP contribution in [0.4, 0.5) is 0 Å². The molecule has 0 radical (unpaired) electrons. The van der Waals surface area contributed by atoms with Gasteiger partial charge in [0.25, 0.3) is 0 Å². The van der Waals surface area contributed by atoms with Crippen LogP contribution in [0.25, 0.3) is 0 Å². The van der Waals surface area contributed by atoms with Crippen molar-refractivity contribution in [2.24, 2.45) is 5.92 Å². The van der Waals surface area contributed by atoms with Gasteiger partial charge in [0.1, 0.15) is 0 Å². The van der Waals surface area contributed by atoms with E-state index in [-0.39, 0.29) is 17.9 Å². The number of aromatic nitrogens is 2. The number of piperidine rings is 1. The van der Waals surface area contributed by atoms with E-state index in [0.29, 0.717) is 19.8 Å². The van der Waals surface area contributed by atoms with Gasteiger partial charge in [-0.25, -0.2) is 0 Å². The van der Waals surface area contributed by atoms with Crippen LogP contribution in [0.3, 0.4) is 0 Å². The Bertz CT molecular complexity index is 440. The van der Waals surface area contributed by atoms with E-state index in [1.807, 2.05) is 11.0 Å². The van der Waals surface area contributed by atoms with Crippen LogP contribution in [0.15, 0.2) is 12.3 Å². The minimum Gasteiger partial charge on any atom is -0.377 e. The molecule has 0 bridgehead atoms. The smallest absolute Gasteiger partial charge is 0.226 e. The van der Waals surface area contributed by atoms with E-state index < -0.39 is 0 Å². The number of nitrogens with one attached hydrogen (secondary N) is 1. The number of hydrogen-bond acceptors (Lipinski definition) is 4. The molecule has 6 heteroatoms. The maximum Gasteiger partial charge on any atom is 0.226 e. The highest BCUT2D eigenvalue weighted by Crippen LogP contribution is 2.27. The maximum atomic E-state index is 12.8. The molecule has 0 unspecified atom stereocenters. The molecule has 6 nitrogen and oxygen atoms in total. The van der Waals surface area contributed by atoms with Gasteiger partial charge < -0.3 is 14.5 Å². The molecule has 3 rings (SSSR count). The fourth-order valence-electron chi connectivity index (χ4n) is 3.07. The van der Waals surface area contributed by atoms with Gasteiger partial charge in [-0.05, 0) is 39.0 Å². The number of H-pyrrole nitrogens is 1. The quantitative estimate of drug-likeness (QED) is 0.863. The predicted octanol–water partition coefficient (Wildman–Crippen LogP) is 0.651. The first-order valence-corrected chi connectivity index (χ1v) is 7.32. The van der Waals surface area contributed by atoms with E-state index in [4.69, 9.17) is 4.74 Å². The lowest BCUT2D eigenvalue weighted by atomic mass is 9.94. The van der Waals surface area contributed by atoms with E-state index in [1.165, 1.54) is 0 Å². The first kappa shape index (κ1) is 13.6. The van der Waals surface area contributed by atoms with E-state index >= 15 is 0 Å². The van der Waals surface area contributed by atoms with Crippen molar-refractivity contribution in [2.75, 3.05) is 39.9 Å². The first-order chi connectivity index (χ1) is 9.75. The summed E-state index contributed by atoms with van der Waals surface area (Å²) in [4.78, 5) is 17.0. The number of likely N-dealkylation sites (tertiary alicyclic amines) is 1. The average molecular weight is 278 g/mol. The summed E-state index contributed by atoms with van der Waals surface area (Å²) in [6.07, 6.45) is 3.65. The Labute approximate surface area is 119 Å². The topological polar surface area (TPSA) is 61.5 Å². The van der Waals surface area contributed by atoms with Crippen molar-refractivity contribution < 1.29 is 9.53 Å². The zero-order chi connectivity index (χ0) is 13.9. The Balaban J connectivity index is 1.71. The minimum atomic E-state index is -0.0154. The zero-order valence-corrected chi connectivity index (χ0v) is 11.9. The van der Waals surface area contributed by atoms with Crippen molar-refractivity contribution in [1.82, 2.24) is 20.0 Å². The lowest BCUT2D eigenvalue weighted by Crippen LogP contribution is -2.48. The summed E-state index contributed by atoms with van der Waals surface area (Å²) in [5.74, 6) is 0.440. The molecule has 20 heavy (non-hydrogen) atoms. The summed E-state index contributed by atoms with van der Waals surface area (Å²) < 4.78 is 5.54. The van der Waals surface area contributed by atoms with Gasteiger partial charge >= 0.3 is 0 Å². The fraction of sp³-hybridized carbons (Fsp3) is 0.714. The first-order valence-electron chi connectivity index (χ1n) is 7.32. The van der Waals surface area contributed by atoms with Crippen molar-refractivity contribution in [2.45, 2.75) is 18.9 Å². The van der Waals surface area contributed by atoms with Gasteiger partial charge in [-0.2, -0.15) is 5.10 Å². The van der Waals surface area contributed by atoms with E-state index in [1.54, 1.807) is 6.20 Å². The second kappa shape index (κ2) is 5.93. The minimum absolute atomic E-state index is 0.0154. The molecule has 1 atom stereocenters. The number of amides is 1. The maximum absolute atomic E-state index is 12.8. The number of carbonyl (C=O) groups is 1. The molecule has 110 valence electrons. The van der Waals surface area contributed by atoms with Crippen molar-refractivity contribution in [1.29, 1.82) is 0 Å². The van der Waals surface area contributed by atoms with Crippen molar-refractivity contribution in [3.8, 4) is 0 Å². The number of ether oxygens (including phenoxy) is 1. The molecule has 1 N–H and O–H groups in total. The molecule has 3 heterocycles. The summed E-state index contributed by atoms with van der Waals surface area (Å²) in [5, 5.41) is 6.96. The van der Waals surface area contributed by atoms with Gasteiger partial charge in [0.15, 0.2) is 0 Å². The van der Waals surface area contributed by atoms with Crippen molar-refractivity contribution >= 4 is 5.91 Å². The van der Waals surface area contributed by atoms with Crippen LogP contribution in [-0.4, -0.2) is 65.8 Å². The van der Waals surface area contributed by atoms with Gasteiger partial charge in [-0.3, -0.25) is 9.89 Å². The fourth-order valence-corrected chi connectivity index (χ4v) is 3.07. The predicted molar refractivity (Wildman–Crippen MR) is 74.1 cm³/mol. The Morgan fingerprint density at radius 3 is 2.90 bits per heavy atom. The molecule has 2 fully saturated rings. The molecule has 0 aromatic carbocycles. The Morgan fingerprint density at radius 1 is 1.40 bits per heavy atom. The summed E-state index contributed by atoms with van der Waals surface area (Å²) in [5.41, 5.74) is 0.964. The highest BCUT2D eigenvalue weighted by Gasteiger charge is 2.34. The summed E-state index contributed by atoms with van der Waals surface area (Å²) in [6, 6.07) is 1.91. The summed E-state index contributed by atoms with van der Waals surface area (Å²) in [6.45, 7) is 3.88. The van der Waals surface area contributed by atoms with Crippen LogP contribution in [0.2, 0.25) is 0 Å². The number of hydrogen-bond donors (Lipinski definition) is 1. The molecule has 2 aliphatic heterocycles. The molecule has 1 aromatic rings. The van der Waals surface area contributed by atoms with Gasteiger partial charge in [0, 0.05) is 18.7 Å². The monoisotopic (exact) mass is 278 g/mol. The second-order valence-electron chi connectivity index (χ2n) is 5.71. The zero-order valence-electron chi connectivity index (χ0n) is 11.9. The number of aromatic amines is 1. The normalized spacial score (nSPS) is 25.9. The third-order valence-electron chi connectivity index (χ3n) is 4.36. The lowest BCUT2D eigenvalue weighted by molar-refractivity contribution is -0.146. The third-order valence-corrected chi connectivity index (χ3v) is 4.36. The van der Waals surface area contributed by atoms with Crippen molar-refractivity contribution in [3.05, 3.63) is 18.0 Å². The van der Waals surface area contributed by atoms with E-state index in [2.05, 4.69) is 22.1 Å². The van der Waals surface area contributed by atoms with Crippen molar-refractivity contribution in [3.63, 3.8) is 0 Å². The molecule has 0 saturated carbocycles. The van der Waals surface area contributed by atoms with Crippen LogP contribution in [0, 0.1) is 5.92 Å². The number of morpholine rings is 1. The number of nitrogens with zero attached hydrogens (tertiary/aromatic N) is 3.